The Kier molecular flexibility index (Phi) is 7.34. The summed E-state index contributed by atoms with van der Waals surface area (Å²) < 4.78 is 35.0. The third kappa shape index (κ3) is 4.30. The van der Waals surface area contributed by atoms with Gasteiger partial charge < -0.3 is 49.1 Å². The van der Waals surface area contributed by atoms with E-state index in [0.29, 0.717) is 45.6 Å². The average molecular weight is 676 g/mol. The van der Waals surface area contributed by atoms with Gasteiger partial charge in [0.05, 0.1) is 25.2 Å². The maximum absolute atomic E-state index is 14.4. The number of fused-ring (bicyclic) bond motifs is 7. The summed E-state index contributed by atoms with van der Waals surface area (Å²) in [7, 11) is 3.12. The van der Waals surface area contributed by atoms with Gasteiger partial charge in [-0.05, 0) is 89.7 Å². The van der Waals surface area contributed by atoms with E-state index in [4.69, 9.17) is 28.4 Å². The topological polar surface area (TPSA) is 179 Å². The largest absolute Gasteiger partial charge is 0.508 e. The molecule has 0 saturated carbocycles. The molecule has 3 saturated heterocycles. The molecule has 4 N–H and O–H groups in total. The summed E-state index contributed by atoms with van der Waals surface area (Å²) in [5, 5.41) is 36.7. The summed E-state index contributed by atoms with van der Waals surface area (Å²) in [6.07, 6.45) is -1.47. The lowest BCUT2D eigenvalue weighted by atomic mass is 9.62. The summed E-state index contributed by atoms with van der Waals surface area (Å²) in [6.45, 7) is 3.51. The summed E-state index contributed by atoms with van der Waals surface area (Å²) in [6, 6.07) is 6.19. The number of methoxy groups -OCH3 is 1. The van der Waals surface area contributed by atoms with Crippen LogP contribution in [-0.2, 0) is 44.3 Å². The Morgan fingerprint density at radius 1 is 1.00 bits per heavy atom. The Morgan fingerprint density at radius 2 is 1.80 bits per heavy atom. The molecule has 11 atom stereocenters. The molecular formula is C36H37NO12. The van der Waals surface area contributed by atoms with Crippen molar-refractivity contribution < 1.29 is 58.1 Å². The Bertz CT molecular complexity index is 1840. The lowest BCUT2D eigenvalue weighted by Crippen LogP contribution is -2.62. The van der Waals surface area contributed by atoms with Crippen LogP contribution in [0.4, 0.5) is 4.79 Å². The van der Waals surface area contributed by atoms with Crippen molar-refractivity contribution in [2.24, 2.45) is 0 Å². The van der Waals surface area contributed by atoms with E-state index in [1.54, 1.807) is 31.3 Å². The zero-order valence-electron chi connectivity index (χ0n) is 27.2. The lowest BCUT2D eigenvalue weighted by molar-refractivity contribution is -0.285. The van der Waals surface area contributed by atoms with E-state index < -0.39 is 83.8 Å². The molecule has 13 heteroatoms. The van der Waals surface area contributed by atoms with Crippen molar-refractivity contribution in [2.45, 2.75) is 86.2 Å². The molecule has 0 radical (unpaired) electrons. The minimum Gasteiger partial charge on any atom is -0.497 e. The van der Waals surface area contributed by atoms with Gasteiger partial charge in [-0.25, -0.2) is 4.79 Å². The van der Waals surface area contributed by atoms with Crippen molar-refractivity contribution in [1.82, 2.24) is 5.32 Å². The fourth-order valence-corrected chi connectivity index (χ4v) is 8.64. The molecular weight excluding hydrogens is 638 g/mol. The van der Waals surface area contributed by atoms with Crippen molar-refractivity contribution in [3.63, 3.8) is 0 Å². The van der Waals surface area contributed by atoms with Gasteiger partial charge in [-0.2, -0.15) is 0 Å². The molecule has 2 aromatic carbocycles. The molecule has 1 spiro atoms. The lowest BCUT2D eigenvalue weighted by Gasteiger charge is -2.43. The number of aliphatic hydroxyl groups excluding tert-OH is 2. The van der Waals surface area contributed by atoms with Gasteiger partial charge in [0.2, 0.25) is 0 Å². The summed E-state index contributed by atoms with van der Waals surface area (Å²) >= 11 is 0. The number of carbonyl (C=O) groups excluding carboxylic acids is 3. The molecule has 0 bridgehead atoms. The van der Waals surface area contributed by atoms with Gasteiger partial charge in [-0.3, -0.25) is 9.59 Å². The number of likely N-dealkylation sites (N-methyl/N-ethyl adjacent to an activating group) is 1. The van der Waals surface area contributed by atoms with Gasteiger partial charge in [0.25, 0.3) is 0 Å². The van der Waals surface area contributed by atoms with Crippen LogP contribution in [0.25, 0.3) is 12.2 Å². The highest BCUT2D eigenvalue weighted by Gasteiger charge is 2.69. The molecule has 258 valence electrons. The van der Waals surface area contributed by atoms with Crippen LogP contribution in [0.2, 0.25) is 0 Å². The van der Waals surface area contributed by atoms with Crippen LogP contribution in [-0.4, -0.2) is 96.8 Å². The minimum absolute atomic E-state index is 0.174. The van der Waals surface area contributed by atoms with E-state index in [9.17, 15) is 29.7 Å². The number of allylic oxidation sites excluding steroid dienone is 1. The number of hydrogen-bond acceptors (Lipinski definition) is 13. The van der Waals surface area contributed by atoms with Crippen LogP contribution >= 0.6 is 0 Å². The van der Waals surface area contributed by atoms with Gasteiger partial charge >= 0.3 is 12.1 Å². The van der Waals surface area contributed by atoms with Gasteiger partial charge in [0, 0.05) is 0 Å². The second kappa shape index (κ2) is 11.2. The van der Waals surface area contributed by atoms with E-state index >= 15 is 0 Å². The molecule has 6 aliphatic rings. The normalized spacial score (nSPS) is 38.2. The van der Waals surface area contributed by atoms with E-state index in [2.05, 4.69) is 5.32 Å². The Hall–Kier alpha value is -4.11. The highest BCUT2D eigenvalue weighted by atomic mass is 16.8. The number of carbonyl (C=O) groups is 3. The van der Waals surface area contributed by atoms with Gasteiger partial charge in [-0.1, -0.05) is 25.1 Å². The predicted molar refractivity (Wildman–Crippen MR) is 169 cm³/mol. The smallest absolute Gasteiger partial charge is 0.497 e. The van der Waals surface area contributed by atoms with Crippen LogP contribution < -0.4 is 10.1 Å². The number of cyclic esters (lactones) is 2. The fraction of sp³-hybridized carbons (Fsp3) is 0.472. The molecule has 49 heavy (non-hydrogen) atoms. The zero-order chi connectivity index (χ0) is 34.6. The third-order valence-electron chi connectivity index (χ3n) is 11.1. The second-order valence-electron chi connectivity index (χ2n) is 13.5. The standard InChI is InChI=1S/C36H37NO12/c1-5-23-28(39)29(40)27(37-3)32(46-23)48-30-20-11-16-8-9-35(43,25-14-45-34(42)47-25)21(16)13-19(20)26-31(30)49-33(41)36(26)22-12-17(44-4)10-15(2)18(22)6-7-24(36)38/h6-13,23,25-32,37,39-40,43H,5,14H2,1-4H3/t23-,25-,26+,27+,28-,29+,30+,31+,32+,35+,36-/m0/s1. The summed E-state index contributed by atoms with van der Waals surface area (Å²) in [4.78, 5) is 40.6. The van der Waals surface area contributed by atoms with E-state index in [1.165, 1.54) is 19.3 Å². The van der Waals surface area contributed by atoms with E-state index in [-0.39, 0.29) is 6.61 Å². The van der Waals surface area contributed by atoms with Crippen molar-refractivity contribution in [2.75, 3.05) is 20.8 Å². The minimum atomic E-state index is -1.83. The molecule has 3 fully saturated rings. The van der Waals surface area contributed by atoms with Crippen LogP contribution in [0.5, 0.6) is 5.75 Å². The number of benzene rings is 2. The highest BCUT2D eigenvalue weighted by Crippen LogP contribution is 2.62. The number of ether oxygens (including phenoxy) is 6. The van der Waals surface area contributed by atoms with Crippen LogP contribution in [0.15, 0.2) is 36.4 Å². The molecule has 13 nitrogen and oxygen atoms in total. The van der Waals surface area contributed by atoms with Crippen LogP contribution in [0, 0.1) is 6.92 Å². The number of rotatable bonds is 6. The maximum atomic E-state index is 14.4. The third-order valence-corrected chi connectivity index (χ3v) is 11.1. The fourth-order valence-electron chi connectivity index (χ4n) is 8.64. The molecule has 3 heterocycles. The molecule has 8 rings (SSSR count). The van der Waals surface area contributed by atoms with Gasteiger partial charge in [0.1, 0.15) is 42.4 Å². The van der Waals surface area contributed by atoms with Gasteiger partial charge in [0.15, 0.2) is 23.6 Å². The first-order chi connectivity index (χ1) is 23.5. The second-order valence-corrected chi connectivity index (χ2v) is 13.5. The van der Waals surface area contributed by atoms with E-state index in [1.807, 2.05) is 26.0 Å². The number of nitrogens with one attached hydrogen (secondary N) is 1. The van der Waals surface area contributed by atoms with Crippen molar-refractivity contribution in [1.29, 1.82) is 0 Å². The monoisotopic (exact) mass is 675 g/mol. The Labute approximate surface area is 281 Å². The number of hydrogen-bond donors (Lipinski definition) is 4. The number of aryl methyl sites for hydroxylation is 1. The first-order valence-corrected chi connectivity index (χ1v) is 16.4. The van der Waals surface area contributed by atoms with E-state index in [0.717, 1.165) is 5.56 Å². The first-order valence-electron chi connectivity index (χ1n) is 16.4. The predicted octanol–water partition coefficient (Wildman–Crippen LogP) is 1.81. The molecule has 0 aromatic heterocycles. The molecule has 3 aliphatic heterocycles. The van der Waals surface area contributed by atoms with Crippen LogP contribution in [0.1, 0.15) is 64.3 Å². The van der Waals surface area contributed by atoms with Crippen LogP contribution in [0.3, 0.4) is 0 Å². The quantitative estimate of drug-likeness (QED) is 0.258. The van der Waals surface area contributed by atoms with Gasteiger partial charge in [-0.15, -0.1) is 0 Å². The first kappa shape index (κ1) is 32.1. The van der Waals surface area contributed by atoms with Crippen molar-refractivity contribution >= 4 is 30.1 Å². The maximum Gasteiger partial charge on any atom is 0.508 e. The summed E-state index contributed by atoms with van der Waals surface area (Å²) in [5.74, 6) is -1.71. The number of aliphatic hydroxyl groups is 3. The van der Waals surface area contributed by atoms with Crippen molar-refractivity contribution in [3.8, 4) is 5.75 Å². The number of esters is 1. The Balaban J connectivity index is 1.31. The van der Waals surface area contributed by atoms with Crippen molar-refractivity contribution in [3.05, 3.63) is 75.4 Å². The number of ketones is 1. The summed E-state index contributed by atoms with van der Waals surface area (Å²) in [5.41, 5.74) is 0.427. The zero-order valence-corrected chi connectivity index (χ0v) is 27.2. The molecule has 0 amide bonds. The Morgan fingerprint density at radius 3 is 2.49 bits per heavy atom. The average Bonchev–Trinajstić information content (AvgIpc) is 3.82. The molecule has 3 aliphatic carbocycles. The molecule has 0 unspecified atom stereocenters. The highest BCUT2D eigenvalue weighted by molar-refractivity contribution is 6.20. The SMILES string of the molecule is CC[C@@H]1O[C@H](O[C@@H]2c3cc4c(cc3[C@@H]3[C@H]2OC(=O)[C@@]32C(=O)C=Cc3c(C)cc(OC)cc32)[C@@](O)([C@@H]2COC(=O)O2)C=C4)[C@H](NC)[C@@H](O)[C@H]1O. The molecule has 2 aromatic rings.